The molecule has 0 spiro atoms. The van der Waals surface area contributed by atoms with Crippen LogP contribution in [0.15, 0.2) is 146 Å². The minimum atomic E-state index is -4.81. The molecule has 1 aliphatic carbocycles. The molecule has 1 saturated carbocycles. The van der Waals surface area contributed by atoms with Gasteiger partial charge in [0.05, 0.1) is 53.5 Å². The van der Waals surface area contributed by atoms with E-state index >= 15 is 0 Å². The molecule has 0 radical (unpaired) electrons. The maximum atomic E-state index is 13.1. The summed E-state index contributed by atoms with van der Waals surface area (Å²) in [5.41, 5.74) is 4.18. The summed E-state index contributed by atoms with van der Waals surface area (Å²) in [6.07, 6.45) is 11.9. The van der Waals surface area contributed by atoms with E-state index in [9.17, 15) is 51.5 Å². The second-order valence-electron chi connectivity index (χ2n) is 30.7. The number of halogens is 3. The number of alkyl halides is 3. The van der Waals surface area contributed by atoms with Crippen LogP contribution >= 0.6 is 0 Å². The number of nitrogens with one attached hydrogen (secondary N) is 6. The smallest absolute Gasteiger partial charge is 0.394 e. The van der Waals surface area contributed by atoms with Crippen molar-refractivity contribution in [1.82, 2.24) is 50.5 Å². The van der Waals surface area contributed by atoms with Crippen LogP contribution in [0.3, 0.4) is 0 Å². The molecule has 7 fully saturated rings. The number of hydrogen-bond donors (Lipinski definition) is 7. The predicted molar refractivity (Wildman–Crippen MR) is 432 cm³/mol. The van der Waals surface area contributed by atoms with Gasteiger partial charge in [-0.3, -0.25) is 60.0 Å². The van der Waals surface area contributed by atoms with Gasteiger partial charge in [-0.15, -0.1) is 0 Å². The molecule has 7 N–H and O–H groups in total. The number of aliphatic hydroxyl groups is 1. The standard InChI is InChI=1S/C22H25N5O3.C21H23N5O3.C20H22N6O2.C19H19F3N6O3/c28-19(12-15-4-3-11-30-14-15)17-6-7-18-21(24-17)27(16-8-10-26(18)13-16)22(29)25-20-5-1-2-9-23-20;27-18(11-14-7-10-29-13-14)16-4-5-17-20(23-16)26(15-6-9-25(17)12-15)21(28)24-19-3-1-2-8-22-19;27-19(22-13-4-3-5-13)15-7-8-16-18(23-15)26(14-9-11-25(16)12-14)20(28)24-17-6-1-2-10-21-17;20-19(21,22)14(10-29)25-17(30)12-4-5-13-16(24-12)28(11-6-8-27(13)9-11)18(31)26-15-3-1-2-7-23-15/h1-2,5-7,9,15-16H,3-4,8,10-14H2,(H,23,25,29);1-5,8,14-15H,6-7,9-13H2,(H,22,24,28);1-2,6-8,10,13-14H,3-5,9,11-12H2,(H,22,27)(H,21,24,28);1-5,7,11,14,29H,6,8-10H2,(H,25,30)(H,23,26,31)/t15?,16-;14?,15-;14-;11-,14?/m0000/s1. The zero-order valence-electron chi connectivity index (χ0n) is 64.5. The van der Waals surface area contributed by atoms with Crippen molar-refractivity contribution in [3.05, 3.63) is 169 Å². The number of nitrogens with zero attached hydrogens (tertiary/aromatic N) is 16. The Labute approximate surface area is 676 Å². The molecule has 8 bridgehead atoms. The number of rotatable bonds is 15. The Morgan fingerprint density at radius 2 is 0.763 bits per heavy atom. The summed E-state index contributed by atoms with van der Waals surface area (Å²) in [6.45, 7) is 7.67. The van der Waals surface area contributed by atoms with Gasteiger partial charge in [0.2, 0.25) is 0 Å². The van der Waals surface area contributed by atoms with E-state index in [1.165, 1.54) is 17.2 Å². The van der Waals surface area contributed by atoms with Crippen molar-refractivity contribution in [2.75, 3.05) is 146 Å². The second-order valence-corrected chi connectivity index (χ2v) is 30.7. The zero-order valence-corrected chi connectivity index (χ0v) is 64.5. The van der Waals surface area contributed by atoms with Crippen LogP contribution in [-0.2, 0) is 9.47 Å². The molecule has 19 rings (SSSR count). The monoisotopic (exact) mass is 1610 g/mol. The number of amides is 10. The van der Waals surface area contributed by atoms with Crippen molar-refractivity contribution in [1.29, 1.82) is 0 Å². The Kier molecular flexibility index (Phi) is 23.6. The summed E-state index contributed by atoms with van der Waals surface area (Å²) in [5, 5.41) is 25.0. The first kappa shape index (κ1) is 79.3. The van der Waals surface area contributed by atoms with Crippen LogP contribution in [0, 0.1) is 11.8 Å². The fraction of sp³-hybridized carbons (Fsp3) is 0.415. The number of ketones is 2. The van der Waals surface area contributed by atoms with E-state index in [4.69, 9.17) is 14.6 Å². The van der Waals surface area contributed by atoms with Crippen LogP contribution in [0.5, 0.6) is 0 Å². The topological polar surface area (TPSA) is 376 Å². The van der Waals surface area contributed by atoms with E-state index in [2.05, 4.69) is 81.2 Å². The largest absolute Gasteiger partial charge is 0.410 e. The molecule has 8 aromatic heterocycles. The Hall–Kier alpha value is -12.6. The number of ether oxygens (including phenoxy) is 2. The molecule has 10 aliphatic heterocycles. The molecule has 11 aliphatic rings. The van der Waals surface area contributed by atoms with Gasteiger partial charge in [0.1, 0.15) is 52.1 Å². The first-order valence-corrected chi connectivity index (χ1v) is 39.9. The zero-order chi connectivity index (χ0) is 81.6. The quantitative estimate of drug-likeness (QED) is 0.0469. The number of urea groups is 4. The molecular formula is C82H89F3N22O11. The Balaban J connectivity index is 0.000000118. The number of anilines is 12. The first-order chi connectivity index (χ1) is 57.3. The van der Waals surface area contributed by atoms with E-state index < -0.39 is 30.8 Å². The van der Waals surface area contributed by atoms with Gasteiger partial charge in [0.15, 0.2) is 34.8 Å². The normalized spacial score (nSPS) is 20.9. The van der Waals surface area contributed by atoms with Crippen molar-refractivity contribution >= 4 is 117 Å². The van der Waals surface area contributed by atoms with Crippen molar-refractivity contribution in [3.8, 4) is 0 Å². The van der Waals surface area contributed by atoms with E-state index in [0.29, 0.717) is 116 Å². The average Bonchev–Trinajstić information content (AvgIpc) is 1.63. The van der Waals surface area contributed by atoms with Crippen LogP contribution in [0.1, 0.15) is 119 Å². The number of fused-ring (bicyclic) bond motifs is 16. The number of carbonyl (C=O) groups is 8. The molecule has 18 heterocycles. The maximum Gasteiger partial charge on any atom is 0.410 e. The number of aliphatic hydroxyl groups excluding tert-OH is 1. The summed E-state index contributed by atoms with van der Waals surface area (Å²) in [6, 6.07) is 31.5. The van der Waals surface area contributed by atoms with Crippen molar-refractivity contribution < 1.29 is 66.1 Å². The van der Waals surface area contributed by atoms with Gasteiger partial charge in [-0.25, -0.2) is 59.0 Å². The summed E-state index contributed by atoms with van der Waals surface area (Å²) in [7, 11) is 0. The molecule has 8 aromatic rings. The number of hydrogen-bond acceptors (Lipinski definition) is 23. The molecule has 118 heavy (non-hydrogen) atoms. The lowest BCUT2D eigenvalue weighted by atomic mass is 9.93. The van der Waals surface area contributed by atoms with Crippen molar-refractivity contribution in [3.63, 3.8) is 0 Å². The van der Waals surface area contributed by atoms with Crippen LogP contribution in [0.25, 0.3) is 0 Å². The third kappa shape index (κ3) is 17.6. The van der Waals surface area contributed by atoms with Gasteiger partial charge in [0.25, 0.3) is 11.8 Å². The lowest BCUT2D eigenvalue weighted by Gasteiger charge is -2.35. The number of carbonyl (C=O) groups excluding carboxylic acids is 8. The predicted octanol–water partition coefficient (Wildman–Crippen LogP) is 9.97. The van der Waals surface area contributed by atoms with Crippen LogP contribution < -0.4 is 71.1 Å². The fourth-order valence-corrected chi connectivity index (χ4v) is 16.6. The molecule has 6 saturated heterocycles. The molecule has 3 unspecified atom stereocenters. The summed E-state index contributed by atoms with van der Waals surface area (Å²) < 4.78 is 49.5. The van der Waals surface area contributed by atoms with E-state index in [1.54, 1.807) is 117 Å². The van der Waals surface area contributed by atoms with Gasteiger partial charge >= 0.3 is 30.3 Å². The Morgan fingerprint density at radius 3 is 1.07 bits per heavy atom. The van der Waals surface area contributed by atoms with E-state index in [0.717, 1.165) is 121 Å². The van der Waals surface area contributed by atoms with E-state index in [-0.39, 0.29) is 89.1 Å². The van der Waals surface area contributed by atoms with Gasteiger partial charge in [0, 0.05) is 122 Å². The molecule has 10 amide bonds. The molecule has 0 aromatic carbocycles. The SMILES string of the molecule is O=C(CC1CCCOC1)c1ccc2c(n1)N(C(=O)Nc1ccccn1)[C@H]1CCN2C1.O=C(CC1CCOC1)c1ccc2c(n1)N(C(=O)Nc1ccccn1)[C@H]1CCN2C1.O=C(NC(CO)C(F)(F)F)c1ccc2c(n1)N(C(=O)Nc1ccccn1)[C@H]1CCN2C1.O=C(NC1CCC1)c1ccc2c(n1)N(C(=O)Nc1ccccn1)[C@H]1CCN2C1. The highest BCUT2D eigenvalue weighted by Gasteiger charge is 2.47. The van der Waals surface area contributed by atoms with Gasteiger partial charge in [-0.2, -0.15) is 13.2 Å². The highest BCUT2D eigenvalue weighted by atomic mass is 19.4. The van der Waals surface area contributed by atoms with Gasteiger partial charge in [-0.05, 0) is 173 Å². The number of pyridine rings is 8. The van der Waals surface area contributed by atoms with Crippen LogP contribution in [-0.4, -0.2) is 220 Å². The van der Waals surface area contributed by atoms with Crippen molar-refractivity contribution in [2.45, 2.75) is 119 Å². The molecule has 614 valence electrons. The third-order valence-corrected chi connectivity index (χ3v) is 22.9. The summed E-state index contributed by atoms with van der Waals surface area (Å²) >= 11 is 0. The molecular weight excluding hydrogens is 1530 g/mol. The minimum Gasteiger partial charge on any atom is -0.394 e. The first-order valence-electron chi connectivity index (χ1n) is 39.9. The molecule has 7 atom stereocenters. The Morgan fingerprint density at radius 1 is 0.415 bits per heavy atom. The van der Waals surface area contributed by atoms with Gasteiger partial charge < -0.3 is 44.8 Å². The Bertz CT molecular complexity index is 5020. The highest BCUT2D eigenvalue weighted by Crippen LogP contribution is 2.44. The summed E-state index contributed by atoms with van der Waals surface area (Å²) in [4.78, 5) is 153. The van der Waals surface area contributed by atoms with Crippen LogP contribution in [0.2, 0.25) is 0 Å². The maximum absolute atomic E-state index is 13.1. The lowest BCUT2D eigenvalue weighted by molar-refractivity contribution is -0.161. The lowest BCUT2D eigenvalue weighted by Crippen LogP contribution is -2.49. The minimum absolute atomic E-state index is 0.00121. The number of aromatic nitrogens is 8. The second kappa shape index (κ2) is 35.1. The number of Topliss-reactive ketones (excluding diaryl/α,β-unsaturated/α-hetero) is 2. The third-order valence-electron chi connectivity index (χ3n) is 22.9. The highest BCUT2D eigenvalue weighted by molar-refractivity contribution is 6.09. The van der Waals surface area contributed by atoms with Crippen molar-refractivity contribution in [2.24, 2.45) is 11.8 Å². The molecule has 36 heteroatoms. The van der Waals surface area contributed by atoms with Gasteiger partial charge in [-0.1, -0.05) is 24.3 Å². The summed E-state index contributed by atoms with van der Waals surface area (Å²) in [5.74, 6) is 2.88. The van der Waals surface area contributed by atoms with E-state index in [1.807, 2.05) is 41.3 Å². The fourth-order valence-electron chi connectivity index (χ4n) is 16.6. The average molecular weight is 1620 g/mol. The van der Waals surface area contributed by atoms with Crippen LogP contribution in [0.4, 0.5) is 102 Å². The molecule has 33 nitrogen and oxygen atoms in total.